The molecule has 7 heteroatoms. The first-order chi connectivity index (χ1) is 16.0. The van der Waals surface area contributed by atoms with Crippen LogP contribution < -0.4 is 9.47 Å². The number of nitrogens with zero attached hydrogens (tertiary/aromatic N) is 1. The molecule has 2 heterocycles. The smallest absolute Gasteiger partial charge is 0.290 e. The second-order valence-corrected chi connectivity index (χ2v) is 9.52. The Morgan fingerprint density at radius 2 is 1.91 bits per heavy atom. The van der Waals surface area contributed by atoms with E-state index < -0.39 is 6.04 Å². The Kier molecular flexibility index (Phi) is 7.27. The average molecular weight is 458 g/mol. The van der Waals surface area contributed by atoms with Gasteiger partial charge in [-0.2, -0.15) is 0 Å². The molecule has 0 N–H and O–H groups in total. The van der Waals surface area contributed by atoms with E-state index in [1.165, 1.54) is 0 Å². The Balaban J connectivity index is 1.71. The van der Waals surface area contributed by atoms with Gasteiger partial charge in [0.2, 0.25) is 0 Å². The van der Waals surface area contributed by atoms with E-state index in [1.807, 2.05) is 18.2 Å². The molecule has 0 radical (unpaired) electrons. The number of carbonyl (C=O) groups is 2. The third-order valence-electron chi connectivity index (χ3n) is 6.68. The standard InChI is InChI=1S/C26H35NO6/c1-16(2)15-32-20-11-10-17(14-21(20)31-4)23-22-24(28)18-8-5-6-9-19(18)33-25(22)26(29)27(23)12-7-13-30-3/h10-11,14,16,18-19,23H,5-9,12-13,15H2,1-4H3. The van der Waals surface area contributed by atoms with Gasteiger partial charge in [-0.15, -0.1) is 0 Å². The Morgan fingerprint density at radius 3 is 2.64 bits per heavy atom. The maximum atomic E-state index is 13.6. The molecule has 3 aliphatic rings. The Morgan fingerprint density at radius 1 is 1.12 bits per heavy atom. The summed E-state index contributed by atoms with van der Waals surface area (Å²) in [7, 11) is 3.24. The van der Waals surface area contributed by atoms with Crippen LogP contribution in [0.2, 0.25) is 0 Å². The van der Waals surface area contributed by atoms with Crippen LogP contribution in [0.5, 0.6) is 11.5 Å². The van der Waals surface area contributed by atoms with Crippen LogP contribution >= 0.6 is 0 Å². The molecule has 180 valence electrons. The summed E-state index contributed by atoms with van der Waals surface area (Å²) in [5, 5.41) is 0. The van der Waals surface area contributed by atoms with E-state index in [9.17, 15) is 9.59 Å². The molecule has 1 fully saturated rings. The van der Waals surface area contributed by atoms with Crippen molar-refractivity contribution in [2.45, 2.75) is 58.1 Å². The SMILES string of the molecule is COCCCN1C(=O)C2=C(C(=O)C3CCCCC3O2)C1c1ccc(OCC(C)C)c(OC)c1. The summed E-state index contributed by atoms with van der Waals surface area (Å²) < 4.78 is 22.9. The molecule has 0 spiro atoms. The lowest BCUT2D eigenvalue weighted by Gasteiger charge is -2.35. The van der Waals surface area contributed by atoms with Crippen molar-refractivity contribution in [2.75, 3.05) is 34.0 Å². The summed E-state index contributed by atoms with van der Waals surface area (Å²) in [4.78, 5) is 28.8. The molecule has 2 aliphatic heterocycles. The minimum absolute atomic E-state index is 0.0626. The third-order valence-corrected chi connectivity index (χ3v) is 6.68. The highest BCUT2D eigenvalue weighted by Gasteiger charge is 2.51. The lowest BCUT2D eigenvalue weighted by atomic mass is 9.77. The number of amides is 1. The van der Waals surface area contributed by atoms with Gasteiger partial charge in [-0.3, -0.25) is 9.59 Å². The molecule has 7 nitrogen and oxygen atoms in total. The van der Waals surface area contributed by atoms with E-state index in [0.717, 1.165) is 31.2 Å². The second-order valence-electron chi connectivity index (χ2n) is 9.52. The van der Waals surface area contributed by atoms with Gasteiger partial charge in [-0.05, 0) is 49.3 Å². The number of hydrogen-bond donors (Lipinski definition) is 0. The summed E-state index contributed by atoms with van der Waals surface area (Å²) >= 11 is 0. The minimum Gasteiger partial charge on any atom is -0.493 e. The van der Waals surface area contributed by atoms with Gasteiger partial charge in [0.05, 0.1) is 31.2 Å². The molecule has 0 aromatic heterocycles. The number of Topliss-reactive ketones (excluding diaryl/α,β-unsaturated/α-hetero) is 1. The highest BCUT2D eigenvalue weighted by molar-refractivity contribution is 6.11. The number of methoxy groups -OCH3 is 2. The van der Waals surface area contributed by atoms with Gasteiger partial charge in [0.15, 0.2) is 23.0 Å². The molecule has 1 aromatic rings. The maximum Gasteiger partial charge on any atom is 0.290 e. The summed E-state index contributed by atoms with van der Waals surface area (Å²) in [6.07, 6.45) is 4.18. The predicted octanol–water partition coefficient (Wildman–Crippen LogP) is 4.06. The highest BCUT2D eigenvalue weighted by Crippen LogP contribution is 2.47. The van der Waals surface area contributed by atoms with Crippen molar-refractivity contribution < 1.29 is 28.5 Å². The Hall–Kier alpha value is -2.54. The molecule has 1 saturated carbocycles. The fourth-order valence-corrected chi connectivity index (χ4v) is 5.08. The van der Waals surface area contributed by atoms with Gasteiger partial charge in [-0.1, -0.05) is 26.3 Å². The zero-order chi connectivity index (χ0) is 23.5. The van der Waals surface area contributed by atoms with Gasteiger partial charge >= 0.3 is 0 Å². The summed E-state index contributed by atoms with van der Waals surface area (Å²) in [5.74, 6) is 1.55. The normalized spacial score (nSPS) is 24.6. The van der Waals surface area contributed by atoms with E-state index in [-0.39, 0.29) is 29.5 Å². The van der Waals surface area contributed by atoms with Crippen molar-refractivity contribution in [3.63, 3.8) is 0 Å². The summed E-state index contributed by atoms with van der Waals surface area (Å²) in [6, 6.07) is 5.18. The molecule has 1 aliphatic carbocycles. The lowest BCUT2D eigenvalue weighted by molar-refractivity contribution is -0.135. The molecule has 3 unspecified atom stereocenters. The Labute approximate surface area is 196 Å². The number of fused-ring (bicyclic) bond motifs is 1. The first-order valence-corrected chi connectivity index (χ1v) is 12.0. The number of carbonyl (C=O) groups excluding carboxylic acids is 2. The fourth-order valence-electron chi connectivity index (χ4n) is 5.08. The minimum atomic E-state index is -0.493. The maximum absolute atomic E-state index is 13.6. The monoisotopic (exact) mass is 457 g/mol. The zero-order valence-electron chi connectivity index (χ0n) is 20.1. The van der Waals surface area contributed by atoms with Crippen LogP contribution in [0.15, 0.2) is 29.5 Å². The molecule has 1 amide bonds. The molecule has 1 aromatic carbocycles. The molecule has 3 atom stereocenters. The van der Waals surface area contributed by atoms with Gasteiger partial charge in [0.1, 0.15) is 6.10 Å². The molecule has 33 heavy (non-hydrogen) atoms. The number of rotatable bonds is 9. The molecular formula is C26H35NO6. The quantitative estimate of drug-likeness (QED) is 0.521. The third kappa shape index (κ3) is 4.60. The second kappa shape index (κ2) is 10.2. The van der Waals surface area contributed by atoms with Gasteiger partial charge in [-0.25, -0.2) is 0 Å². The molecule has 0 bridgehead atoms. The summed E-state index contributed by atoms with van der Waals surface area (Å²) in [5.41, 5.74) is 1.32. The zero-order valence-corrected chi connectivity index (χ0v) is 20.1. The topological polar surface area (TPSA) is 74.3 Å². The highest BCUT2D eigenvalue weighted by atomic mass is 16.5. The number of hydrogen-bond acceptors (Lipinski definition) is 6. The van der Waals surface area contributed by atoms with Gasteiger partial charge in [0.25, 0.3) is 5.91 Å². The van der Waals surface area contributed by atoms with Gasteiger partial charge in [0, 0.05) is 20.3 Å². The van der Waals surface area contributed by atoms with E-state index in [4.69, 9.17) is 18.9 Å². The Bertz CT molecular complexity index is 923. The fraction of sp³-hybridized carbons (Fsp3) is 0.615. The van der Waals surface area contributed by atoms with Crippen LogP contribution in [0.3, 0.4) is 0 Å². The van der Waals surface area contributed by atoms with Crippen LogP contribution in [0, 0.1) is 11.8 Å². The van der Waals surface area contributed by atoms with E-state index in [2.05, 4.69) is 13.8 Å². The van der Waals surface area contributed by atoms with Crippen molar-refractivity contribution in [3.05, 3.63) is 35.1 Å². The van der Waals surface area contributed by atoms with Crippen LogP contribution in [0.1, 0.15) is 57.6 Å². The van der Waals surface area contributed by atoms with E-state index >= 15 is 0 Å². The van der Waals surface area contributed by atoms with Crippen LogP contribution in [0.25, 0.3) is 0 Å². The predicted molar refractivity (Wildman–Crippen MR) is 123 cm³/mol. The first-order valence-electron chi connectivity index (χ1n) is 12.0. The van der Waals surface area contributed by atoms with Gasteiger partial charge < -0.3 is 23.8 Å². The molecule has 0 saturated heterocycles. The van der Waals surface area contributed by atoms with Crippen LogP contribution in [-0.4, -0.2) is 56.7 Å². The van der Waals surface area contributed by atoms with Crippen molar-refractivity contribution in [2.24, 2.45) is 11.8 Å². The average Bonchev–Trinajstić information content (AvgIpc) is 3.09. The van der Waals surface area contributed by atoms with Crippen molar-refractivity contribution in [3.8, 4) is 11.5 Å². The number of ether oxygens (including phenoxy) is 4. The first kappa shape index (κ1) is 23.6. The van der Waals surface area contributed by atoms with Crippen molar-refractivity contribution >= 4 is 11.7 Å². The number of ketones is 1. The largest absolute Gasteiger partial charge is 0.493 e. The van der Waals surface area contributed by atoms with E-state index in [0.29, 0.717) is 49.2 Å². The summed E-state index contributed by atoms with van der Waals surface area (Å²) in [6.45, 7) is 5.76. The van der Waals surface area contributed by atoms with Crippen LogP contribution in [0.4, 0.5) is 0 Å². The molecular weight excluding hydrogens is 422 g/mol. The van der Waals surface area contributed by atoms with Crippen molar-refractivity contribution in [1.82, 2.24) is 4.90 Å². The molecule has 4 rings (SSSR count). The number of benzene rings is 1. The van der Waals surface area contributed by atoms with Crippen LogP contribution in [-0.2, 0) is 19.1 Å². The van der Waals surface area contributed by atoms with E-state index in [1.54, 1.807) is 19.1 Å². The lowest BCUT2D eigenvalue weighted by Crippen LogP contribution is -2.39. The van der Waals surface area contributed by atoms with Crippen molar-refractivity contribution in [1.29, 1.82) is 0 Å².